The lowest BCUT2D eigenvalue weighted by Crippen LogP contribution is -2.32. The number of rotatable bonds is 8. The van der Waals surface area contributed by atoms with E-state index in [1.165, 1.54) is 24.3 Å². The van der Waals surface area contributed by atoms with Crippen LogP contribution in [0.2, 0.25) is 5.02 Å². The lowest BCUT2D eigenvalue weighted by molar-refractivity contribution is -0.116. The first-order chi connectivity index (χ1) is 12.0. The van der Waals surface area contributed by atoms with E-state index in [2.05, 4.69) is 15.3 Å². The number of carbonyl (C=O) groups is 2. The van der Waals surface area contributed by atoms with Crippen LogP contribution in [0.25, 0.3) is 0 Å². The minimum atomic E-state index is -0.359. The molecule has 1 aromatic rings. The van der Waals surface area contributed by atoms with Crippen LogP contribution in [0.3, 0.4) is 0 Å². The van der Waals surface area contributed by atoms with E-state index in [-0.39, 0.29) is 46.8 Å². The molecule has 0 aromatic heterocycles. The largest absolute Gasteiger partial charge is 0.410 e. The van der Waals surface area contributed by atoms with Gasteiger partial charge in [0.2, 0.25) is 11.6 Å². The SMILES string of the molecule is CCN(CCN=O)C1=CC(=O)C(Nc2ccc(ON)c(Cl)c2)=CC1=O. The van der Waals surface area contributed by atoms with Gasteiger partial charge < -0.3 is 15.1 Å². The van der Waals surface area contributed by atoms with Gasteiger partial charge in [0, 0.05) is 30.9 Å². The Hall–Kier alpha value is -2.71. The summed E-state index contributed by atoms with van der Waals surface area (Å²) in [5.74, 6) is 4.66. The summed E-state index contributed by atoms with van der Waals surface area (Å²) >= 11 is 5.97. The number of ketones is 2. The minimum Gasteiger partial charge on any atom is -0.410 e. The van der Waals surface area contributed by atoms with E-state index < -0.39 is 0 Å². The molecule has 8 nitrogen and oxygen atoms in total. The van der Waals surface area contributed by atoms with Crippen LogP contribution in [0, 0.1) is 4.91 Å². The Balaban J connectivity index is 2.16. The molecular formula is C16H17ClN4O4. The first-order valence-corrected chi connectivity index (χ1v) is 7.87. The zero-order valence-corrected chi connectivity index (χ0v) is 14.2. The second-order valence-corrected chi connectivity index (χ2v) is 5.54. The zero-order valence-electron chi connectivity index (χ0n) is 13.5. The van der Waals surface area contributed by atoms with Crippen LogP contribution in [0.15, 0.2) is 46.9 Å². The number of hydrogen-bond acceptors (Lipinski definition) is 8. The Kier molecular flexibility index (Phi) is 6.26. The number of likely N-dealkylation sites (N-methyl/N-ethyl adjacent to an activating group) is 1. The maximum atomic E-state index is 12.3. The first kappa shape index (κ1) is 18.6. The van der Waals surface area contributed by atoms with Crippen LogP contribution >= 0.6 is 11.6 Å². The van der Waals surface area contributed by atoms with E-state index in [0.29, 0.717) is 12.2 Å². The molecular weight excluding hydrogens is 348 g/mol. The van der Waals surface area contributed by atoms with Crippen molar-refractivity contribution < 1.29 is 14.4 Å². The van der Waals surface area contributed by atoms with Gasteiger partial charge in [-0.1, -0.05) is 16.8 Å². The molecule has 25 heavy (non-hydrogen) atoms. The van der Waals surface area contributed by atoms with E-state index in [1.807, 2.05) is 6.92 Å². The van der Waals surface area contributed by atoms with Crippen molar-refractivity contribution in [1.82, 2.24) is 4.90 Å². The number of anilines is 1. The molecule has 9 heteroatoms. The molecule has 1 aliphatic rings. The average molecular weight is 365 g/mol. The molecule has 2 rings (SSSR count). The molecule has 0 unspecified atom stereocenters. The fourth-order valence-corrected chi connectivity index (χ4v) is 2.56. The minimum absolute atomic E-state index is 0.0372. The van der Waals surface area contributed by atoms with Crippen molar-refractivity contribution in [2.45, 2.75) is 6.92 Å². The monoisotopic (exact) mass is 364 g/mol. The summed E-state index contributed by atoms with van der Waals surface area (Å²) in [5, 5.41) is 5.89. The van der Waals surface area contributed by atoms with Crippen LogP contribution in [0.1, 0.15) is 6.92 Å². The van der Waals surface area contributed by atoms with Crippen LogP contribution in [0.4, 0.5) is 5.69 Å². The van der Waals surface area contributed by atoms with Gasteiger partial charge in [-0.3, -0.25) is 9.59 Å². The molecule has 0 radical (unpaired) electrons. The summed E-state index contributed by atoms with van der Waals surface area (Å²) < 4.78 is 0. The van der Waals surface area contributed by atoms with Gasteiger partial charge in [-0.15, -0.1) is 0 Å². The summed E-state index contributed by atoms with van der Waals surface area (Å²) in [5.41, 5.74) is 0.870. The third-order valence-corrected chi connectivity index (χ3v) is 3.88. The van der Waals surface area contributed by atoms with Crippen molar-refractivity contribution in [2.75, 3.05) is 25.0 Å². The van der Waals surface area contributed by atoms with Crippen LogP contribution in [-0.4, -0.2) is 36.1 Å². The van der Waals surface area contributed by atoms with Gasteiger partial charge in [0.15, 0.2) is 5.75 Å². The Labute approximate surface area is 149 Å². The van der Waals surface area contributed by atoms with E-state index in [1.54, 1.807) is 11.0 Å². The Bertz CT molecular complexity index is 761. The summed E-state index contributed by atoms with van der Waals surface area (Å²) in [6.45, 7) is 2.62. The molecule has 0 saturated heterocycles. The molecule has 0 spiro atoms. The van der Waals surface area contributed by atoms with Gasteiger partial charge in [-0.05, 0) is 25.1 Å². The number of nitrogens with two attached hydrogens (primary N) is 1. The van der Waals surface area contributed by atoms with Gasteiger partial charge in [0.05, 0.1) is 23.0 Å². The lowest BCUT2D eigenvalue weighted by Gasteiger charge is -2.25. The van der Waals surface area contributed by atoms with E-state index in [9.17, 15) is 14.5 Å². The Morgan fingerprint density at radius 2 is 2.04 bits per heavy atom. The highest BCUT2D eigenvalue weighted by Crippen LogP contribution is 2.28. The van der Waals surface area contributed by atoms with Crippen LogP contribution in [0.5, 0.6) is 5.75 Å². The number of nitroso groups, excluding NO2 is 1. The first-order valence-electron chi connectivity index (χ1n) is 7.49. The van der Waals surface area contributed by atoms with Gasteiger partial charge in [0.1, 0.15) is 0 Å². The second kappa shape index (κ2) is 8.41. The second-order valence-electron chi connectivity index (χ2n) is 5.14. The van der Waals surface area contributed by atoms with Crippen molar-refractivity contribution in [2.24, 2.45) is 11.1 Å². The van der Waals surface area contributed by atoms with Crippen LogP contribution < -0.4 is 16.1 Å². The van der Waals surface area contributed by atoms with E-state index in [4.69, 9.17) is 17.5 Å². The maximum absolute atomic E-state index is 12.3. The molecule has 0 fully saturated rings. The topological polar surface area (TPSA) is 114 Å². The van der Waals surface area contributed by atoms with Gasteiger partial charge in [0.25, 0.3) is 0 Å². The highest BCUT2D eigenvalue weighted by Gasteiger charge is 2.24. The lowest BCUT2D eigenvalue weighted by atomic mass is 10.0. The fourth-order valence-electron chi connectivity index (χ4n) is 2.33. The van der Waals surface area contributed by atoms with Crippen molar-refractivity contribution in [3.8, 4) is 5.75 Å². The average Bonchev–Trinajstić information content (AvgIpc) is 2.59. The predicted molar refractivity (Wildman–Crippen MR) is 94.0 cm³/mol. The molecule has 132 valence electrons. The number of halogens is 1. The molecule has 1 aliphatic carbocycles. The molecule has 1 aromatic carbocycles. The molecule has 0 amide bonds. The maximum Gasteiger partial charge on any atom is 0.204 e. The van der Waals surface area contributed by atoms with Crippen molar-refractivity contribution >= 4 is 28.9 Å². The number of allylic oxidation sites excluding steroid dienone is 2. The highest BCUT2D eigenvalue weighted by molar-refractivity contribution is 6.32. The number of carbonyl (C=O) groups excluding carboxylic acids is 2. The van der Waals surface area contributed by atoms with Crippen molar-refractivity contribution in [1.29, 1.82) is 0 Å². The fraction of sp³-hybridized carbons (Fsp3) is 0.250. The molecule has 0 saturated carbocycles. The number of nitrogens with one attached hydrogen (secondary N) is 1. The van der Waals surface area contributed by atoms with E-state index >= 15 is 0 Å². The van der Waals surface area contributed by atoms with Gasteiger partial charge in [-0.2, -0.15) is 10.8 Å². The summed E-state index contributed by atoms with van der Waals surface area (Å²) in [7, 11) is 0. The molecule has 0 atom stereocenters. The van der Waals surface area contributed by atoms with Crippen molar-refractivity contribution in [3.63, 3.8) is 0 Å². The number of nitrogens with zero attached hydrogens (tertiary/aromatic N) is 2. The van der Waals surface area contributed by atoms with Gasteiger partial charge >= 0.3 is 0 Å². The normalized spacial score (nSPS) is 13.9. The van der Waals surface area contributed by atoms with E-state index in [0.717, 1.165) is 0 Å². The third kappa shape index (κ3) is 4.43. The zero-order chi connectivity index (χ0) is 18.4. The molecule has 0 bridgehead atoms. The number of benzene rings is 1. The smallest absolute Gasteiger partial charge is 0.204 e. The van der Waals surface area contributed by atoms with Crippen LogP contribution in [-0.2, 0) is 9.59 Å². The molecule has 0 aliphatic heterocycles. The van der Waals surface area contributed by atoms with Crippen molar-refractivity contribution in [3.05, 3.63) is 51.7 Å². The Morgan fingerprint density at radius 3 is 2.64 bits per heavy atom. The predicted octanol–water partition coefficient (Wildman–Crippen LogP) is 2.01. The number of hydrogen-bond donors (Lipinski definition) is 2. The molecule has 0 heterocycles. The summed E-state index contributed by atoms with van der Waals surface area (Å²) in [4.78, 5) is 41.1. The Morgan fingerprint density at radius 1 is 1.28 bits per heavy atom. The standard InChI is InChI=1S/C16H17ClN4O4/c1-2-21(6-5-19-24)13-9-14(22)12(8-15(13)23)20-10-3-4-16(25-18)11(17)7-10/h3-4,7-9,20H,2,5-6,18H2,1H3. The quantitative estimate of drug-likeness (QED) is 0.412. The highest BCUT2D eigenvalue weighted by atomic mass is 35.5. The van der Waals surface area contributed by atoms with Gasteiger partial charge in [-0.25, -0.2) is 0 Å². The summed E-state index contributed by atoms with van der Waals surface area (Å²) in [6, 6.07) is 4.67. The molecule has 3 N–H and O–H groups in total. The third-order valence-electron chi connectivity index (χ3n) is 3.58. The summed E-state index contributed by atoms with van der Waals surface area (Å²) in [6.07, 6.45) is 2.47.